The van der Waals surface area contributed by atoms with Crippen molar-refractivity contribution in [1.82, 2.24) is 0 Å². The van der Waals surface area contributed by atoms with Crippen molar-refractivity contribution in [1.29, 1.82) is 0 Å². The summed E-state index contributed by atoms with van der Waals surface area (Å²) in [7, 11) is 0. The molecule has 3 N–H and O–H groups in total. The molecule has 0 bridgehead atoms. The third-order valence-electron chi connectivity index (χ3n) is 10.9. The minimum atomic E-state index is -0.845. The molecule has 0 aliphatic heterocycles. The van der Waals surface area contributed by atoms with Crippen molar-refractivity contribution < 1.29 is 24.9 Å². The van der Waals surface area contributed by atoms with Crippen molar-refractivity contribution >= 4 is 11.9 Å². The van der Waals surface area contributed by atoms with Crippen LogP contribution in [0.3, 0.4) is 0 Å². The van der Waals surface area contributed by atoms with Gasteiger partial charge in [-0.15, -0.1) is 0 Å². The van der Waals surface area contributed by atoms with Crippen molar-refractivity contribution in [3.63, 3.8) is 0 Å². The third-order valence-corrected chi connectivity index (χ3v) is 10.9. The first-order valence-corrected chi connectivity index (χ1v) is 13.6. The van der Waals surface area contributed by atoms with Gasteiger partial charge in [-0.05, 0) is 113 Å². The van der Waals surface area contributed by atoms with Crippen LogP contribution in [0.2, 0.25) is 0 Å². The standard InChI is InChI=1S/C30H48O5/c1-19(9-8-10-20(2)26(33)34)21-13-17-30(7)23-11-12-24(27(3,4)35)28(5,16-15-25(31)32)22(23)14-18-29(21,30)6/h10,19,21,24,35H,8-9,11-18H2,1-7H3,(H,31,32)(H,33,34)/b20-10-/t19-,21-,24+,28-,29-,30+/m1/s1. The number of carboxylic acid groups (broad SMARTS) is 2. The fourth-order valence-corrected chi connectivity index (χ4v) is 8.75. The molecule has 0 unspecified atom stereocenters. The molecule has 6 atom stereocenters. The van der Waals surface area contributed by atoms with Crippen LogP contribution in [0.25, 0.3) is 0 Å². The van der Waals surface area contributed by atoms with E-state index in [1.54, 1.807) is 12.5 Å². The maximum atomic E-state index is 11.6. The monoisotopic (exact) mass is 488 g/mol. The first kappa shape index (κ1) is 28.0. The van der Waals surface area contributed by atoms with E-state index in [-0.39, 0.29) is 28.6 Å². The van der Waals surface area contributed by atoms with E-state index in [1.807, 2.05) is 19.9 Å². The Morgan fingerprint density at radius 1 is 1.09 bits per heavy atom. The van der Waals surface area contributed by atoms with E-state index in [1.165, 1.54) is 12.0 Å². The van der Waals surface area contributed by atoms with E-state index in [0.717, 1.165) is 44.9 Å². The fraction of sp³-hybridized carbons (Fsp3) is 0.800. The van der Waals surface area contributed by atoms with Crippen LogP contribution >= 0.6 is 0 Å². The average Bonchev–Trinajstić information content (AvgIpc) is 3.03. The van der Waals surface area contributed by atoms with E-state index >= 15 is 0 Å². The molecular weight excluding hydrogens is 440 g/mol. The Morgan fingerprint density at radius 2 is 1.74 bits per heavy atom. The molecule has 35 heavy (non-hydrogen) atoms. The molecule has 3 aliphatic rings. The molecule has 1 saturated carbocycles. The molecule has 0 heterocycles. The van der Waals surface area contributed by atoms with E-state index in [0.29, 0.717) is 23.8 Å². The molecule has 0 spiro atoms. The Labute approximate surface area is 212 Å². The number of hydrogen-bond donors (Lipinski definition) is 3. The van der Waals surface area contributed by atoms with E-state index in [4.69, 9.17) is 5.11 Å². The number of fused-ring (bicyclic) bond motifs is 2. The molecule has 0 saturated heterocycles. The largest absolute Gasteiger partial charge is 0.481 e. The Balaban J connectivity index is 1.93. The summed E-state index contributed by atoms with van der Waals surface area (Å²) < 4.78 is 0. The molecule has 0 radical (unpaired) electrons. The van der Waals surface area contributed by atoms with Crippen molar-refractivity contribution in [3.05, 3.63) is 22.8 Å². The third kappa shape index (κ3) is 4.86. The normalized spacial score (nSPS) is 36.5. The van der Waals surface area contributed by atoms with Crippen molar-refractivity contribution in [2.24, 2.45) is 34.0 Å². The zero-order valence-electron chi connectivity index (χ0n) is 23.0. The van der Waals surface area contributed by atoms with Crippen LogP contribution in [0, 0.1) is 34.0 Å². The maximum Gasteiger partial charge on any atom is 0.330 e. The van der Waals surface area contributed by atoms with Crippen molar-refractivity contribution in [2.45, 2.75) is 118 Å². The van der Waals surface area contributed by atoms with Crippen LogP contribution in [0.4, 0.5) is 0 Å². The molecule has 3 aliphatic carbocycles. The topological polar surface area (TPSA) is 94.8 Å². The zero-order valence-corrected chi connectivity index (χ0v) is 23.0. The number of aliphatic hydroxyl groups is 1. The van der Waals surface area contributed by atoms with Crippen LogP contribution in [0.5, 0.6) is 0 Å². The first-order chi connectivity index (χ1) is 16.1. The van der Waals surface area contributed by atoms with Crippen LogP contribution < -0.4 is 0 Å². The number of hydrogen-bond acceptors (Lipinski definition) is 3. The predicted molar refractivity (Wildman–Crippen MR) is 139 cm³/mol. The summed E-state index contributed by atoms with van der Waals surface area (Å²) >= 11 is 0. The van der Waals surface area contributed by atoms with E-state index in [9.17, 15) is 19.8 Å². The van der Waals surface area contributed by atoms with Crippen molar-refractivity contribution in [2.75, 3.05) is 0 Å². The fourth-order valence-electron chi connectivity index (χ4n) is 8.75. The summed E-state index contributed by atoms with van der Waals surface area (Å²) in [6.07, 6.45) is 10.7. The quantitative estimate of drug-likeness (QED) is 0.240. The van der Waals surface area contributed by atoms with Crippen LogP contribution in [0.1, 0.15) is 113 Å². The second-order valence-electron chi connectivity index (χ2n) is 13.2. The highest BCUT2D eigenvalue weighted by Gasteiger charge is 2.61. The molecule has 0 aromatic rings. The van der Waals surface area contributed by atoms with Gasteiger partial charge in [0.1, 0.15) is 0 Å². The summed E-state index contributed by atoms with van der Waals surface area (Å²) in [5.41, 5.74) is 2.59. The van der Waals surface area contributed by atoms with Gasteiger partial charge in [0, 0.05) is 12.0 Å². The summed E-state index contributed by atoms with van der Waals surface area (Å²) in [5, 5.41) is 29.8. The number of carboxylic acids is 2. The van der Waals surface area contributed by atoms with Crippen LogP contribution in [0.15, 0.2) is 22.8 Å². The molecule has 5 heteroatoms. The number of aliphatic carboxylic acids is 2. The highest BCUT2D eigenvalue weighted by atomic mass is 16.4. The Kier molecular flexibility index (Phi) is 7.74. The van der Waals surface area contributed by atoms with Gasteiger partial charge in [-0.3, -0.25) is 4.79 Å². The Hall–Kier alpha value is -1.62. The summed E-state index contributed by atoms with van der Waals surface area (Å²) in [4.78, 5) is 22.7. The molecule has 5 nitrogen and oxygen atoms in total. The summed E-state index contributed by atoms with van der Waals surface area (Å²) in [5.74, 6) is -0.425. The lowest BCUT2D eigenvalue weighted by atomic mass is 9.46. The number of allylic oxidation sites excluding steroid dienone is 3. The zero-order chi connectivity index (χ0) is 26.4. The van der Waals surface area contributed by atoms with Gasteiger partial charge < -0.3 is 15.3 Å². The Bertz CT molecular complexity index is 908. The summed E-state index contributed by atoms with van der Waals surface area (Å²) in [6.45, 7) is 15.0. The minimum absolute atomic E-state index is 0.0569. The second-order valence-corrected chi connectivity index (χ2v) is 13.2. The average molecular weight is 489 g/mol. The SMILES string of the molecule is C/C(=C/CC[C@@H](C)[C@H]1CC[C@@]2(C)C3=C(CC[C@]12C)[C@@](C)(CCC(=O)O)[C@H](C(C)(C)O)CC3)C(=O)O. The lowest BCUT2D eigenvalue weighted by Crippen LogP contribution is -2.51. The van der Waals surface area contributed by atoms with Gasteiger partial charge in [0.25, 0.3) is 0 Å². The molecule has 198 valence electrons. The van der Waals surface area contributed by atoms with Gasteiger partial charge in [0.2, 0.25) is 0 Å². The second kappa shape index (κ2) is 9.68. The van der Waals surface area contributed by atoms with Gasteiger partial charge in [-0.1, -0.05) is 44.9 Å². The molecular formula is C30H48O5. The van der Waals surface area contributed by atoms with Crippen LogP contribution in [-0.4, -0.2) is 32.9 Å². The molecule has 3 rings (SSSR count). The van der Waals surface area contributed by atoms with Gasteiger partial charge in [-0.2, -0.15) is 0 Å². The molecule has 0 amide bonds. The molecule has 0 aromatic heterocycles. The lowest BCUT2D eigenvalue weighted by molar-refractivity contribution is -0.138. The maximum absolute atomic E-state index is 11.6. The number of rotatable bonds is 9. The van der Waals surface area contributed by atoms with Crippen LogP contribution in [-0.2, 0) is 9.59 Å². The molecule has 1 fully saturated rings. The molecule has 0 aromatic carbocycles. The van der Waals surface area contributed by atoms with Gasteiger partial charge >= 0.3 is 11.9 Å². The predicted octanol–water partition coefficient (Wildman–Crippen LogP) is 7.00. The smallest absolute Gasteiger partial charge is 0.330 e. The van der Waals surface area contributed by atoms with Gasteiger partial charge in [-0.25, -0.2) is 4.79 Å². The highest BCUT2D eigenvalue weighted by Crippen LogP contribution is 2.71. The first-order valence-electron chi connectivity index (χ1n) is 13.6. The highest BCUT2D eigenvalue weighted by molar-refractivity contribution is 5.85. The van der Waals surface area contributed by atoms with Gasteiger partial charge in [0.05, 0.1) is 5.60 Å². The lowest BCUT2D eigenvalue weighted by Gasteiger charge is -2.59. The van der Waals surface area contributed by atoms with E-state index in [2.05, 4.69) is 27.7 Å². The number of carbonyl (C=O) groups is 2. The minimum Gasteiger partial charge on any atom is -0.481 e. The van der Waals surface area contributed by atoms with Crippen molar-refractivity contribution in [3.8, 4) is 0 Å². The Morgan fingerprint density at radius 3 is 2.31 bits per heavy atom. The summed E-state index contributed by atoms with van der Waals surface area (Å²) in [6, 6.07) is 0. The van der Waals surface area contributed by atoms with Gasteiger partial charge in [0.15, 0.2) is 0 Å². The van der Waals surface area contributed by atoms with E-state index < -0.39 is 17.5 Å².